The molecule has 17 heavy (non-hydrogen) atoms. The van der Waals surface area contributed by atoms with Crippen LogP contribution in [0.25, 0.3) is 5.57 Å². The molecule has 5 nitrogen and oxygen atoms in total. The molecule has 0 amide bonds. The van der Waals surface area contributed by atoms with E-state index in [9.17, 15) is 14.9 Å². The molecule has 0 radical (unpaired) electrons. The van der Waals surface area contributed by atoms with Crippen LogP contribution in [-0.4, -0.2) is 15.7 Å². The summed E-state index contributed by atoms with van der Waals surface area (Å²) in [6.07, 6.45) is 5.45. The highest BCUT2D eigenvalue weighted by molar-refractivity contribution is 5.99. The number of ketones is 1. The molecule has 0 saturated heterocycles. The molecule has 0 bridgehead atoms. The van der Waals surface area contributed by atoms with Gasteiger partial charge in [0.1, 0.15) is 6.20 Å². The third-order valence-electron chi connectivity index (χ3n) is 2.80. The summed E-state index contributed by atoms with van der Waals surface area (Å²) in [5.74, 6) is 0.264. The van der Waals surface area contributed by atoms with E-state index in [1.54, 1.807) is 6.07 Å². The summed E-state index contributed by atoms with van der Waals surface area (Å²) in [7, 11) is 0. The van der Waals surface area contributed by atoms with E-state index in [1.807, 2.05) is 6.92 Å². The highest BCUT2D eigenvalue weighted by Gasteiger charge is 2.23. The largest absolute Gasteiger partial charge is 0.295 e. The Balaban J connectivity index is 2.47. The Kier molecular flexibility index (Phi) is 2.99. The molecule has 1 aromatic rings. The van der Waals surface area contributed by atoms with Crippen molar-refractivity contribution in [2.75, 3.05) is 0 Å². The van der Waals surface area contributed by atoms with Gasteiger partial charge in [0.05, 0.1) is 10.5 Å². The normalized spacial score (nSPS) is 19.9. The van der Waals surface area contributed by atoms with Crippen LogP contribution in [0.2, 0.25) is 0 Å². The number of aromatic nitrogens is 1. The minimum absolute atomic E-state index is 0.0323. The van der Waals surface area contributed by atoms with E-state index < -0.39 is 4.92 Å². The van der Waals surface area contributed by atoms with Gasteiger partial charge in [-0.1, -0.05) is 6.92 Å². The van der Waals surface area contributed by atoms with E-state index in [4.69, 9.17) is 0 Å². The molecule has 88 valence electrons. The van der Waals surface area contributed by atoms with Gasteiger partial charge in [-0.25, -0.2) is 0 Å². The van der Waals surface area contributed by atoms with Gasteiger partial charge in [-0.2, -0.15) is 0 Å². The smallest absolute Gasteiger partial charge is 0.294 e. The fourth-order valence-electron chi connectivity index (χ4n) is 2.09. The van der Waals surface area contributed by atoms with Crippen molar-refractivity contribution in [3.05, 3.63) is 40.2 Å². The number of hydrogen-bond acceptors (Lipinski definition) is 4. The van der Waals surface area contributed by atoms with E-state index in [1.165, 1.54) is 18.5 Å². The second-order valence-corrected chi connectivity index (χ2v) is 4.30. The van der Waals surface area contributed by atoms with Crippen LogP contribution in [0, 0.1) is 16.0 Å². The van der Waals surface area contributed by atoms with Crippen LogP contribution in [0.5, 0.6) is 0 Å². The van der Waals surface area contributed by atoms with Crippen LogP contribution < -0.4 is 0 Å². The van der Waals surface area contributed by atoms with E-state index in [-0.39, 0.29) is 17.4 Å². The molecule has 1 heterocycles. The minimum Gasteiger partial charge on any atom is -0.295 e. The molecule has 1 aliphatic carbocycles. The summed E-state index contributed by atoms with van der Waals surface area (Å²) in [6, 6.07) is 1.59. The molecule has 1 aromatic heterocycles. The molecule has 0 N–H and O–H groups in total. The second-order valence-electron chi connectivity index (χ2n) is 4.30. The number of pyridine rings is 1. The molecule has 0 unspecified atom stereocenters. The highest BCUT2D eigenvalue weighted by atomic mass is 16.6. The summed E-state index contributed by atoms with van der Waals surface area (Å²) >= 11 is 0. The first kappa shape index (κ1) is 11.4. The van der Waals surface area contributed by atoms with Crippen molar-refractivity contribution in [3.63, 3.8) is 0 Å². The zero-order valence-electron chi connectivity index (χ0n) is 9.42. The molecule has 0 spiro atoms. The lowest BCUT2D eigenvalue weighted by atomic mass is 9.86. The summed E-state index contributed by atoms with van der Waals surface area (Å²) in [4.78, 5) is 25.6. The van der Waals surface area contributed by atoms with Crippen molar-refractivity contribution >= 4 is 17.0 Å². The van der Waals surface area contributed by atoms with Gasteiger partial charge in [-0.05, 0) is 30.1 Å². The Morgan fingerprint density at radius 2 is 2.24 bits per heavy atom. The Bertz CT molecular complexity index is 508. The van der Waals surface area contributed by atoms with Gasteiger partial charge in [0.25, 0.3) is 5.69 Å². The highest BCUT2D eigenvalue weighted by Crippen LogP contribution is 2.33. The van der Waals surface area contributed by atoms with Gasteiger partial charge >= 0.3 is 0 Å². The SMILES string of the molecule is C[C@@H]1CC(=O)C=C(c2ccncc2[N+](=O)[O-])C1. The number of carbonyl (C=O) groups is 1. The minimum atomic E-state index is -0.465. The maximum atomic E-state index is 11.5. The molecule has 5 heteroatoms. The monoisotopic (exact) mass is 232 g/mol. The van der Waals surface area contributed by atoms with Crippen molar-refractivity contribution in [3.8, 4) is 0 Å². The third-order valence-corrected chi connectivity index (χ3v) is 2.80. The molecule has 0 aliphatic heterocycles. The maximum absolute atomic E-state index is 11.5. The predicted molar refractivity (Wildman–Crippen MR) is 62.3 cm³/mol. The van der Waals surface area contributed by atoms with Gasteiger partial charge < -0.3 is 0 Å². The summed E-state index contributed by atoms with van der Waals surface area (Å²) < 4.78 is 0. The van der Waals surface area contributed by atoms with Gasteiger partial charge in [-0.15, -0.1) is 0 Å². The van der Waals surface area contributed by atoms with E-state index in [0.29, 0.717) is 18.4 Å². The number of hydrogen-bond donors (Lipinski definition) is 0. The predicted octanol–water partition coefficient (Wildman–Crippen LogP) is 2.37. The molecule has 2 rings (SSSR count). The zero-order valence-corrected chi connectivity index (χ0v) is 9.42. The second kappa shape index (κ2) is 4.45. The standard InChI is InChI=1S/C12H12N2O3/c1-8-4-9(6-10(15)5-8)11-2-3-13-7-12(11)14(16)17/h2-3,6-8H,4-5H2,1H3/t8-/m0/s1. The van der Waals surface area contributed by atoms with Crippen molar-refractivity contribution in [2.45, 2.75) is 19.8 Å². The Morgan fingerprint density at radius 1 is 1.47 bits per heavy atom. The molecule has 1 atom stereocenters. The maximum Gasteiger partial charge on any atom is 0.294 e. The third kappa shape index (κ3) is 2.38. The molecular formula is C12H12N2O3. The van der Waals surface area contributed by atoms with Crippen molar-refractivity contribution in [2.24, 2.45) is 5.92 Å². The topological polar surface area (TPSA) is 73.1 Å². The van der Waals surface area contributed by atoms with Crippen LogP contribution >= 0.6 is 0 Å². The van der Waals surface area contributed by atoms with E-state index >= 15 is 0 Å². The lowest BCUT2D eigenvalue weighted by molar-refractivity contribution is -0.385. The summed E-state index contributed by atoms with van der Waals surface area (Å²) in [5, 5.41) is 10.9. The summed E-state index contributed by atoms with van der Waals surface area (Å²) in [6.45, 7) is 1.97. The summed E-state index contributed by atoms with van der Waals surface area (Å²) in [5.41, 5.74) is 1.20. The Morgan fingerprint density at radius 3 is 2.88 bits per heavy atom. The van der Waals surface area contributed by atoms with Crippen LogP contribution in [0.1, 0.15) is 25.3 Å². The average molecular weight is 232 g/mol. The number of nitrogens with zero attached hydrogens (tertiary/aromatic N) is 2. The first-order valence-electron chi connectivity index (χ1n) is 5.40. The van der Waals surface area contributed by atoms with Gasteiger partial charge in [0.2, 0.25) is 0 Å². The number of nitro groups is 1. The zero-order chi connectivity index (χ0) is 12.4. The number of allylic oxidation sites excluding steroid dienone is 2. The van der Waals surface area contributed by atoms with Crippen molar-refractivity contribution in [1.82, 2.24) is 4.98 Å². The number of rotatable bonds is 2. The number of carbonyl (C=O) groups excluding carboxylic acids is 1. The lowest BCUT2D eigenvalue weighted by Crippen LogP contribution is -2.11. The molecule has 0 fully saturated rings. The molecular weight excluding hydrogens is 220 g/mol. The fraction of sp³-hybridized carbons (Fsp3) is 0.333. The average Bonchev–Trinajstić information content (AvgIpc) is 2.27. The van der Waals surface area contributed by atoms with Gasteiger partial charge in [0, 0.05) is 12.6 Å². The first-order chi connectivity index (χ1) is 8.08. The van der Waals surface area contributed by atoms with Gasteiger partial charge in [0.15, 0.2) is 5.78 Å². The molecule has 0 aromatic carbocycles. The lowest BCUT2D eigenvalue weighted by Gasteiger charge is -2.18. The first-order valence-corrected chi connectivity index (χ1v) is 5.40. The Hall–Kier alpha value is -2.04. The van der Waals surface area contributed by atoms with Crippen LogP contribution in [0.4, 0.5) is 5.69 Å². The fourth-order valence-corrected chi connectivity index (χ4v) is 2.09. The Labute approximate surface area is 98.3 Å². The van der Waals surface area contributed by atoms with Crippen LogP contribution in [-0.2, 0) is 4.79 Å². The van der Waals surface area contributed by atoms with Crippen LogP contribution in [0.15, 0.2) is 24.5 Å². The van der Waals surface area contributed by atoms with E-state index in [2.05, 4.69) is 4.98 Å². The van der Waals surface area contributed by atoms with Crippen molar-refractivity contribution in [1.29, 1.82) is 0 Å². The van der Waals surface area contributed by atoms with Crippen LogP contribution in [0.3, 0.4) is 0 Å². The molecule has 1 aliphatic rings. The quantitative estimate of drug-likeness (QED) is 0.579. The van der Waals surface area contributed by atoms with E-state index in [0.717, 1.165) is 5.57 Å². The van der Waals surface area contributed by atoms with Crippen molar-refractivity contribution < 1.29 is 9.72 Å². The molecule has 0 saturated carbocycles. The van der Waals surface area contributed by atoms with Gasteiger partial charge in [-0.3, -0.25) is 19.9 Å².